The Labute approximate surface area is 198 Å². The molecule has 3 aromatic rings. The lowest BCUT2D eigenvalue weighted by molar-refractivity contribution is -0.122. The third-order valence-electron chi connectivity index (χ3n) is 5.91. The Morgan fingerprint density at radius 2 is 1.78 bits per heavy atom. The summed E-state index contributed by atoms with van der Waals surface area (Å²) in [5, 5.41) is 3.44. The number of imide groups is 1. The number of carbonyl (C=O) groups excluding carboxylic acids is 3. The molecule has 0 radical (unpaired) electrons. The van der Waals surface area contributed by atoms with Crippen LogP contribution in [-0.2, 0) is 14.4 Å². The fourth-order valence-corrected chi connectivity index (χ4v) is 6.39. The summed E-state index contributed by atoms with van der Waals surface area (Å²) in [4.78, 5) is 43.9. The van der Waals surface area contributed by atoms with Crippen LogP contribution in [0.5, 0.6) is 0 Å². The number of hydrogen-bond acceptors (Lipinski definition) is 6. The zero-order chi connectivity index (χ0) is 22.2. The molecule has 9 heteroatoms. The van der Waals surface area contributed by atoms with Crippen LogP contribution >= 0.6 is 34.7 Å². The summed E-state index contributed by atoms with van der Waals surface area (Å²) in [7, 11) is 0. The van der Waals surface area contributed by atoms with E-state index >= 15 is 0 Å². The van der Waals surface area contributed by atoms with Crippen molar-refractivity contribution in [3.63, 3.8) is 0 Å². The molecule has 0 unspecified atom stereocenters. The summed E-state index contributed by atoms with van der Waals surface area (Å²) in [6.45, 7) is 0. The molecule has 2 aromatic carbocycles. The van der Waals surface area contributed by atoms with Crippen molar-refractivity contribution in [3.05, 3.63) is 47.5 Å². The maximum Gasteiger partial charge on any atom is 0.237 e. The first-order valence-electron chi connectivity index (χ1n) is 10.5. The van der Waals surface area contributed by atoms with Gasteiger partial charge in [0.15, 0.2) is 4.34 Å². The van der Waals surface area contributed by atoms with Gasteiger partial charge in [-0.1, -0.05) is 36.2 Å². The van der Waals surface area contributed by atoms with Crippen LogP contribution < -0.4 is 10.2 Å². The van der Waals surface area contributed by atoms with Gasteiger partial charge >= 0.3 is 0 Å². The molecule has 2 fully saturated rings. The molecular formula is C23H20ClN3O3S2. The molecule has 1 saturated heterocycles. The van der Waals surface area contributed by atoms with E-state index in [1.165, 1.54) is 28.0 Å². The Balaban J connectivity index is 1.28. The van der Waals surface area contributed by atoms with Gasteiger partial charge in [-0.25, -0.2) is 4.98 Å². The van der Waals surface area contributed by atoms with Gasteiger partial charge in [0.25, 0.3) is 0 Å². The number of anilines is 2. The lowest BCUT2D eigenvalue weighted by atomic mass is 9.81. The number of nitrogens with zero attached hydrogens (tertiary/aromatic N) is 2. The van der Waals surface area contributed by atoms with E-state index in [1.807, 2.05) is 12.1 Å². The molecule has 32 heavy (non-hydrogen) atoms. The largest absolute Gasteiger partial charge is 0.325 e. The lowest BCUT2D eigenvalue weighted by Gasteiger charge is -2.19. The van der Waals surface area contributed by atoms with E-state index < -0.39 is 0 Å². The van der Waals surface area contributed by atoms with Gasteiger partial charge in [-0.3, -0.25) is 19.3 Å². The van der Waals surface area contributed by atoms with Crippen molar-refractivity contribution in [2.24, 2.45) is 11.8 Å². The Bertz CT molecular complexity index is 1190. The maximum absolute atomic E-state index is 12.9. The van der Waals surface area contributed by atoms with E-state index in [0.717, 1.165) is 40.2 Å². The number of rotatable bonds is 5. The molecule has 6 nitrogen and oxygen atoms in total. The van der Waals surface area contributed by atoms with Crippen molar-refractivity contribution in [2.75, 3.05) is 16.0 Å². The second kappa shape index (κ2) is 8.84. The van der Waals surface area contributed by atoms with E-state index in [2.05, 4.69) is 10.3 Å². The normalized spacial score (nSPS) is 20.6. The molecule has 0 bridgehead atoms. The number of amides is 3. The van der Waals surface area contributed by atoms with Crippen molar-refractivity contribution >= 4 is 74.0 Å². The predicted molar refractivity (Wildman–Crippen MR) is 128 cm³/mol. The van der Waals surface area contributed by atoms with Crippen molar-refractivity contribution in [1.29, 1.82) is 0 Å². The van der Waals surface area contributed by atoms with Gasteiger partial charge in [0.05, 0.1) is 33.5 Å². The molecule has 1 saturated carbocycles. The number of benzene rings is 2. The number of hydrogen-bond donors (Lipinski definition) is 1. The highest BCUT2D eigenvalue weighted by molar-refractivity contribution is 8.01. The number of carbonyl (C=O) groups is 3. The third kappa shape index (κ3) is 4.14. The first-order valence-corrected chi connectivity index (χ1v) is 12.6. The fraction of sp³-hybridized carbons (Fsp3) is 0.304. The maximum atomic E-state index is 12.9. The fourth-order valence-electron chi connectivity index (χ4n) is 4.37. The number of aromatic nitrogens is 1. The van der Waals surface area contributed by atoms with E-state index in [0.29, 0.717) is 16.4 Å². The highest BCUT2D eigenvalue weighted by atomic mass is 35.5. The second-order valence-corrected chi connectivity index (χ2v) is 10.7. The summed E-state index contributed by atoms with van der Waals surface area (Å²) >= 11 is 8.67. The number of halogens is 1. The average molecular weight is 486 g/mol. The average Bonchev–Trinajstić information content (AvgIpc) is 3.32. The number of thiazole rings is 1. The van der Waals surface area contributed by atoms with E-state index in [9.17, 15) is 14.4 Å². The van der Waals surface area contributed by atoms with Crippen LogP contribution in [0.1, 0.15) is 25.7 Å². The molecule has 1 aromatic heterocycles. The topological polar surface area (TPSA) is 79.4 Å². The molecule has 2 atom stereocenters. The number of fused-ring (bicyclic) bond motifs is 2. The van der Waals surface area contributed by atoms with Crippen molar-refractivity contribution in [2.45, 2.75) is 30.0 Å². The number of nitrogens with one attached hydrogen (secondary N) is 1. The Morgan fingerprint density at radius 3 is 2.47 bits per heavy atom. The van der Waals surface area contributed by atoms with Gasteiger partial charge in [0.1, 0.15) is 0 Å². The highest BCUT2D eigenvalue weighted by Crippen LogP contribution is 2.41. The smallest absolute Gasteiger partial charge is 0.237 e. The minimum absolute atomic E-state index is 0.0722. The van der Waals surface area contributed by atoms with Gasteiger partial charge in [-0.2, -0.15) is 0 Å². The Kier molecular flexibility index (Phi) is 5.92. The molecule has 1 aliphatic heterocycles. The van der Waals surface area contributed by atoms with Crippen LogP contribution in [0.25, 0.3) is 10.2 Å². The van der Waals surface area contributed by atoms with Crippen molar-refractivity contribution < 1.29 is 14.4 Å². The molecule has 0 spiro atoms. The molecule has 1 aliphatic carbocycles. The summed E-state index contributed by atoms with van der Waals surface area (Å²) < 4.78 is 1.65. The predicted octanol–water partition coefficient (Wildman–Crippen LogP) is 5.36. The summed E-state index contributed by atoms with van der Waals surface area (Å²) in [6.07, 6.45) is 3.61. The van der Waals surface area contributed by atoms with Gasteiger partial charge in [0, 0.05) is 10.7 Å². The molecule has 5 rings (SSSR count). The molecular weight excluding hydrogens is 466 g/mol. The molecule has 2 aliphatic rings. The van der Waals surface area contributed by atoms with E-state index in [1.54, 1.807) is 30.3 Å². The molecule has 164 valence electrons. The third-order valence-corrected chi connectivity index (χ3v) is 8.32. The van der Waals surface area contributed by atoms with Crippen LogP contribution in [0.15, 0.2) is 46.8 Å². The van der Waals surface area contributed by atoms with Gasteiger partial charge < -0.3 is 5.32 Å². The Hall–Kier alpha value is -2.42. The van der Waals surface area contributed by atoms with Crippen molar-refractivity contribution in [1.82, 2.24) is 4.98 Å². The zero-order valence-corrected chi connectivity index (χ0v) is 19.4. The first kappa shape index (κ1) is 21.4. The molecule has 1 N–H and O–H groups in total. The number of thioether (sulfide) groups is 1. The van der Waals surface area contributed by atoms with Crippen molar-refractivity contribution in [3.8, 4) is 0 Å². The minimum Gasteiger partial charge on any atom is -0.325 e. The summed E-state index contributed by atoms with van der Waals surface area (Å²) in [5.41, 5.74) is 2.09. The van der Waals surface area contributed by atoms with Crippen LogP contribution in [-0.4, -0.2) is 28.5 Å². The van der Waals surface area contributed by atoms with Gasteiger partial charge in [-0.15, -0.1) is 11.3 Å². The second-order valence-electron chi connectivity index (χ2n) is 7.98. The monoisotopic (exact) mass is 485 g/mol. The zero-order valence-electron chi connectivity index (χ0n) is 17.0. The standard InChI is InChI=1S/C23H20ClN3O3S2/c24-13-5-7-14(8-6-13)25-20(28)12-31-23-26-18-10-9-15(11-19(18)32-23)27-21(29)16-3-1-2-4-17(16)22(27)30/h5-11,16-17H,1-4,12H2,(H,25,28)/t16-,17-/m0/s1. The quantitative estimate of drug-likeness (QED) is 0.388. The minimum atomic E-state index is -0.168. The molecule has 3 amide bonds. The first-order chi connectivity index (χ1) is 15.5. The molecule has 2 heterocycles. The lowest BCUT2D eigenvalue weighted by Crippen LogP contribution is -2.30. The summed E-state index contributed by atoms with van der Waals surface area (Å²) in [6, 6.07) is 12.4. The SMILES string of the molecule is O=C(CSc1nc2ccc(N3C(=O)[C@H]4CCCC[C@@H]4C3=O)cc2s1)Nc1ccc(Cl)cc1. The van der Waals surface area contributed by atoms with E-state index in [4.69, 9.17) is 11.6 Å². The van der Waals surface area contributed by atoms with E-state index in [-0.39, 0.29) is 35.3 Å². The van der Waals surface area contributed by atoms with Gasteiger partial charge in [0.2, 0.25) is 17.7 Å². The highest BCUT2D eigenvalue weighted by Gasteiger charge is 2.48. The summed E-state index contributed by atoms with van der Waals surface area (Å²) in [5.74, 6) is -0.388. The van der Waals surface area contributed by atoms with Crippen LogP contribution in [0.4, 0.5) is 11.4 Å². The van der Waals surface area contributed by atoms with Gasteiger partial charge in [-0.05, 0) is 55.3 Å². The van der Waals surface area contributed by atoms with Crippen LogP contribution in [0.2, 0.25) is 5.02 Å². The Morgan fingerprint density at radius 1 is 1.09 bits per heavy atom. The van der Waals surface area contributed by atoms with Crippen LogP contribution in [0.3, 0.4) is 0 Å². The van der Waals surface area contributed by atoms with Crippen LogP contribution in [0, 0.1) is 11.8 Å².